The molecular weight excluding hydrogens is 244 g/mol. The predicted molar refractivity (Wildman–Crippen MR) is 69.6 cm³/mol. The summed E-state index contributed by atoms with van der Waals surface area (Å²) in [5.41, 5.74) is 0.653. The van der Waals surface area contributed by atoms with Gasteiger partial charge in [0.05, 0.1) is 18.8 Å². The molecule has 0 saturated carbocycles. The van der Waals surface area contributed by atoms with Gasteiger partial charge in [-0.1, -0.05) is 0 Å². The van der Waals surface area contributed by atoms with Crippen LogP contribution in [-0.2, 0) is 17.8 Å². The molecule has 6 nitrogen and oxygen atoms in total. The zero-order chi connectivity index (χ0) is 13.3. The molecule has 0 aromatic carbocycles. The Bertz CT molecular complexity index is 465. The minimum atomic E-state index is -0.268. The van der Waals surface area contributed by atoms with Crippen LogP contribution in [0.3, 0.4) is 0 Å². The van der Waals surface area contributed by atoms with Crippen LogP contribution in [0.5, 0.6) is 0 Å². The zero-order valence-corrected chi connectivity index (χ0v) is 11.3. The maximum Gasteiger partial charge on any atom is 0.410 e. The monoisotopic (exact) mass is 264 g/mol. The van der Waals surface area contributed by atoms with E-state index in [4.69, 9.17) is 4.74 Å². The van der Waals surface area contributed by atoms with Crippen molar-refractivity contribution >= 4 is 6.09 Å². The number of carbonyl (C=O) groups excluding carboxylic acids is 1. The van der Waals surface area contributed by atoms with Crippen molar-refractivity contribution in [1.82, 2.24) is 20.0 Å². The molecule has 104 valence electrons. The van der Waals surface area contributed by atoms with Crippen molar-refractivity contribution < 1.29 is 9.53 Å². The lowest BCUT2D eigenvalue weighted by molar-refractivity contribution is 0.0316. The van der Waals surface area contributed by atoms with Gasteiger partial charge in [0.25, 0.3) is 0 Å². The van der Waals surface area contributed by atoms with Crippen LogP contribution >= 0.6 is 0 Å². The molecule has 1 N–H and O–H groups in total. The fourth-order valence-electron chi connectivity index (χ4n) is 2.82. The molecule has 1 aromatic rings. The molecule has 1 amide bonds. The van der Waals surface area contributed by atoms with Crippen molar-refractivity contribution in [2.24, 2.45) is 0 Å². The highest BCUT2D eigenvalue weighted by Gasteiger charge is 2.45. The number of hydrogen-bond donors (Lipinski definition) is 1. The number of ether oxygens (including phenoxy) is 1. The smallest absolute Gasteiger partial charge is 0.410 e. The Balaban J connectivity index is 1.66. The summed E-state index contributed by atoms with van der Waals surface area (Å²) in [5.74, 6) is 0. The second kappa shape index (κ2) is 4.85. The number of aryl methyl sites for hydroxylation is 1. The van der Waals surface area contributed by atoms with E-state index in [1.54, 1.807) is 4.90 Å². The van der Waals surface area contributed by atoms with Crippen LogP contribution in [0, 0.1) is 0 Å². The molecule has 0 bridgehead atoms. The van der Waals surface area contributed by atoms with Gasteiger partial charge in [0.15, 0.2) is 0 Å². The molecule has 0 unspecified atom stereocenters. The number of hydrogen-bond acceptors (Lipinski definition) is 4. The van der Waals surface area contributed by atoms with E-state index >= 15 is 0 Å². The van der Waals surface area contributed by atoms with E-state index in [1.165, 1.54) is 0 Å². The molecule has 0 aliphatic carbocycles. The molecule has 0 radical (unpaired) electrons. The van der Waals surface area contributed by atoms with Crippen molar-refractivity contribution in [3.63, 3.8) is 0 Å². The summed E-state index contributed by atoms with van der Waals surface area (Å²) in [6, 6.07) is 1.96. The summed E-state index contributed by atoms with van der Waals surface area (Å²) < 4.78 is 7.49. The largest absolute Gasteiger partial charge is 0.441 e. The zero-order valence-electron chi connectivity index (χ0n) is 11.3. The first kappa shape index (κ1) is 12.5. The first-order valence-corrected chi connectivity index (χ1v) is 6.92. The average molecular weight is 264 g/mol. The molecule has 2 saturated heterocycles. The van der Waals surface area contributed by atoms with Crippen molar-refractivity contribution in [2.45, 2.75) is 38.5 Å². The van der Waals surface area contributed by atoms with Gasteiger partial charge in [-0.2, -0.15) is 5.10 Å². The van der Waals surface area contributed by atoms with Crippen LogP contribution in [-0.4, -0.2) is 46.0 Å². The molecule has 1 aromatic heterocycles. The van der Waals surface area contributed by atoms with Crippen LogP contribution in [0.2, 0.25) is 0 Å². The second-order valence-electron chi connectivity index (χ2n) is 5.32. The van der Waals surface area contributed by atoms with Crippen LogP contribution in [0.4, 0.5) is 4.79 Å². The third-order valence-electron chi connectivity index (χ3n) is 3.93. The third-order valence-corrected chi connectivity index (χ3v) is 3.93. The van der Waals surface area contributed by atoms with Crippen LogP contribution in [0.1, 0.15) is 25.5 Å². The van der Waals surface area contributed by atoms with Gasteiger partial charge in [0, 0.05) is 25.6 Å². The van der Waals surface area contributed by atoms with E-state index < -0.39 is 0 Å². The fraction of sp³-hybridized carbons (Fsp3) is 0.692. The summed E-state index contributed by atoms with van der Waals surface area (Å²) in [6.45, 7) is 5.97. The number of rotatable bonds is 3. The normalized spacial score (nSPS) is 21.9. The van der Waals surface area contributed by atoms with E-state index in [-0.39, 0.29) is 11.7 Å². The number of aromatic nitrogens is 2. The summed E-state index contributed by atoms with van der Waals surface area (Å²) >= 11 is 0. The topological polar surface area (TPSA) is 59.4 Å². The third kappa shape index (κ3) is 2.45. The number of nitrogens with zero attached hydrogens (tertiary/aromatic N) is 3. The summed E-state index contributed by atoms with van der Waals surface area (Å²) in [6.07, 6.45) is 3.54. The van der Waals surface area contributed by atoms with E-state index in [0.717, 1.165) is 38.2 Å². The van der Waals surface area contributed by atoms with Gasteiger partial charge in [0.2, 0.25) is 0 Å². The Labute approximate surface area is 112 Å². The highest BCUT2D eigenvalue weighted by atomic mass is 16.6. The number of nitrogens with one attached hydrogen (secondary N) is 1. The first-order chi connectivity index (χ1) is 9.21. The van der Waals surface area contributed by atoms with Gasteiger partial charge in [0.1, 0.15) is 5.60 Å². The average Bonchev–Trinajstić information content (AvgIpc) is 2.97. The van der Waals surface area contributed by atoms with Crippen molar-refractivity contribution in [3.05, 3.63) is 18.0 Å². The number of carbonyl (C=O) groups is 1. The lowest BCUT2D eigenvalue weighted by Gasteiger charge is -2.31. The maximum absolute atomic E-state index is 12.0. The first-order valence-electron chi connectivity index (χ1n) is 6.92. The molecule has 2 fully saturated rings. The lowest BCUT2D eigenvalue weighted by Crippen LogP contribution is -2.44. The Morgan fingerprint density at radius 3 is 2.95 bits per heavy atom. The number of amides is 1. The van der Waals surface area contributed by atoms with Gasteiger partial charge in [-0.3, -0.25) is 9.58 Å². The highest BCUT2D eigenvalue weighted by molar-refractivity contribution is 5.70. The van der Waals surface area contributed by atoms with Crippen LogP contribution in [0.15, 0.2) is 12.3 Å². The summed E-state index contributed by atoms with van der Waals surface area (Å²) in [7, 11) is 0. The Morgan fingerprint density at radius 2 is 2.26 bits per heavy atom. The highest BCUT2D eigenvalue weighted by Crippen LogP contribution is 2.31. The molecule has 6 heteroatoms. The lowest BCUT2D eigenvalue weighted by atomic mass is 9.92. The standard InChI is InChI=1S/C13H20N4O2/c1-2-17-8-3-11(15-17)9-16-10-13(19-12(16)18)4-6-14-7-5-13/h3,8,14H,2,4-7,9-10H2,1H3. The van der Waals surface area contributed by atoms with Gasteiger partial charge < -0.3 is 10.1 Å². The molecule has 2 aliphatic rings. The summed E-state index contributed by atoms with van der Waals surface area (Å²) in [5, 5.41) is 7.72. The van der Waals surface area contributed by atoms with Crippen molar-refractivity contribution in [3.8, 4) is 0 Å². The second-order valence-corrected chi connectivity index (χ2v) is 5.32. The van der Waals surface area contributed by atoms with Gasteiger partial charge in [-0.05, 0) is 26.1 Å². The van der Waals surface area contributed by atoms with E-state index in [0.29, 0.717) is 13.1 Å². The van der Waals surface area contributed by atoms with Gasteiger partial charge in [-0.15, -0.1) is 0 Å². The molecule has 0 atom stereocenters. The molecule has 19 heavy (non-hydrogen) atoms. The SMILES string of the molecule is CCn1ccc(CN2CC3(CCNCC3)OC2=O)n1. The Morgan fingerprint density at radius 1 is 1.47 bits per heavy atom. The Hall–Kier alpha value is -1.56. The van der Waals surface area contributed by atoms with Crippen molar-refractivity contribution in [2.75, 3.05) is 19.6 Å². The predicted octanol–water partition coefficient (Wildman–Crippen LogP) is 0.977. The molecular formula is C13H20N4O2. The molecule has 1 spiro atoms. The fourth-order valence-corrected chi connectivity index (χ4v) is 2.82. The van der Waals surface area contributed by atoms with Crippen LogP contribution in [0.25, 0.3) is 0 Å². The van der Waals surface area contributed by atoms with Gasteiger partial charge >= 0.3 is 6.09 Å². The quantitative estimate of drug-likeness (QED) is 0.884. The van der Waals surface area contributed by atoms with E-state index in [2.05, 4.69) is 10.4 Å². The van der Waals surface area contributed by atoms with E-state index in [1.807, 2.05) is 23.9 Å². The Kier molecular flexibility index (Phi) is 3.18. The maximum atomic E-state index is 12.0. The minimum Gasteiger partial charge on any atom is -0.441 e. The van der Waals surface area contributed by atoms with E-state index in [9.17, 15) is 4.79 Å². The summed E-state index contributed by atoms with van der Waals surface area (Å²) in [4.78, 5) is 13.7. The number of piperidine rings is 1. The van der Waals surface area contributed by atoms with Gasteiger partial charge in [-0.25, -0.2) is 4.79 Å². The van der Waals surface area contributed by atoms with Crippen molar-refractivity contribution in [1.29, 1.82) is 0 Å². The molecule has 3 rings (SSSR count). The van der Waals surface area contributed by atoms with Crippen LogP contribution < -0.4 is 5.32 Å². The molecule has 3 heterocycles. The minimum absolute atomic E-state index is 0.201. The molecule has 2 aliphatic heterocycles.